The molecule has 0 radical (unpaired) electrons. The van der Waals surface area contributed by atoms with Crippen LogP contribution in [0.15, 0.2) is 42.5 Å². The number of carbonyl (C=O) groups excluding carboxylic acids is 1. The molecule has 2 aliphatic rings. The van der Waals surface area contributed by atoms with Crippen molar-refractivity contribution in [3.05, 3.63) is 59.7 Å². The average Bonchev–Trinajstić information content (AvgIpc) is 3.16. The summed E-state index contributed by atoms with van der Waals surface area (Å²) in [7, 11) is 1.81. The molecule has 2 aromatic rings. The van der Waals surface area contributed by atoms with E-state index in [0.29, 0.717) is 5.56 Å². The number of likely N-dealkylation sites (N-methyl/N-ethyl adjacent to an activating group) is 1. The van der Waals surface area contributed by atoms with E-state index in [-0.39, 0.29) is 23.6 Å². The quantitative estimate of drug-likeness (QED) is 0.903. The van der Waals surface area contributed by atoms with Crippen LogP contribution in [0.5, 0.6) is 0 Å². The van der Waals surface area contributed by atoms with Crippen LogP contribution >= 0.6 is 0 Å². The maximum Gasteiger partial charge on any atom is 0.242 e. The molecule has 0 bridgehead atoms. The SMILES string of the molecule is CN1CC[C@]2(CC[C@@H](c3cc(-c4ccc(F)cc4)ccc3F)N2)C1=O. The smallest absolute Gasteiger partial charge is 0.242 e. The van der Waals surface area contributed by atoms with Gasteiger partial charge >= 0.3 is 0 Å². The summed E-state index contributed by atoms with van der Waals surface area (Å²) in [6, 6.07) is 10.9. The number of carbonyl (C=O) groups is 1. The molecule has 3 nitrogen and oxygen atoms in total. The summed E-state index contributed by atoms with van der Waals surface area (Å²) >= 11 is 0. The minimum atomic E-state index is -0.544. The monoisotopic (exact) mass is 342 g/mol. The second-order valence-electron chi connectivity index (χ2n) is 7.04. The summed E-state index contributed by atoms with van der Waals surface area (Å²) in [6.45, 7) is 0.733. The number of nitrogens with zero attached hydrogens (tertiary/aromatic N) is 1. The van der Waals surface area contributed by atoms with E-state index in [1.54, 1.807) is 23.1 Å². The number of likely N-dealkylation sites (tertiary alicyclic amines) is 1. The van der Waals surface area contributed by atoms with Crippen molar-refractivity contribution in [1.82, 2.24) is 10.2 Å². The number of halogens is 2. The summed E-state index contributed by atoms with van der Waals surface area (Å²) in [5, 5.41) is 3.40. The third-order valence-corrected chi connectivity index (χ3v) is 5.49. The second kappa shape index (κ2) is 5.92. The maximum absolute atomic E-state index is 14.5. The van der Waals surface area contributed by atoms with Crippen LogP contribution in [0.4, 0.5) is 8.78 Å². The van der Waals surface area contributed by atoms with Gasteiger partial charge in [-0.2, -0.15) is 0 Å². The summed E-state index contributed by atoms with van der Waals surface area (Å²) in [4.78, 5) is 14.2. The van der Waals surface area contributed by atoms with Gasteiger partial charge in [-0.05, 0) is 54.7 Å². The van der Waals surface area contributed by atoms with Crippen molar-refractivity contribution in [2.24, 2.45) is 0 Å². The highest BCUT2D eigenvalue weighted by Crippen LogP contribution is 2.40. The Labute approximate surface area is 145 Å². The molecule has 2 fully saturated rings. The van der Waals surface area contributed by atoms with E-state index >= 15 is 0 Å². The van der Waals surface area contributed by atoms with Gasteiger partial charge in [0.05, 0.1) is 0 Å². The van der Waals surface area contributed by atoms with Gasteiger partial charge in [0.1, 0.15) is 17.2 Å². The second-order valence-corrected chi connectivity index (χ2v) is 7.04. The molecule has 2 atom stereocenters. The molecule has 25 heavy (non-hydrogen) atoms. The lowest BCUT2D eigenvalue weighted by Crippen LogP contribution is -2.47. The van der Waals surface area contributed by atoms with Crippen LogP contribution in [-0.4, -0.2) is 29.9 Å². The Morgan fingerprint density at radius 1 is 1.08 bits per heavy atom. The highest BCUT2D eigenvalue weighted by molar-refractivity contribution is 5.88. The number of nitrogens with one attached hydrogen (secondary N) is 1. The molecule has 5 heteroatoms. The van der Waals surface area contributed by atoms with E-state index in [9.17, 15) is 13.6 Å². The van der Waals surface area contributed by atoms with Crippen LogP contribution in [-0.2, 0) is 4.79 Å². The third-order valence-electron chi connectivity index (χ3n) is 5.49. The zero-order chi connectivity index (χ0) is 17.6. The lowest BCUT2D eigenvalue weighted by Gasteiger charge is -2.23. The first-order valence-corrected chi connectivity index (χ1v) is 8.57. The van der Waals surface area contributed by atoms with Gasteiger partial charge in [-0.1, -0.05) is 18.2 Å². The van der Waals surface area contributed by atoms with Crippen molar-refractivity contribution in [2.75, 3.05) is 13.6 Å². The molecular weight excluding hydrogens is 322 g/mol. The van der Waals surface area contributed by atoms with Crippen molar-refractivity contribution in [3.63, 3.8) is 0 Å². The van der Waals surface area contributed by atoms with E-state index in [1.807, 2.05) is 13.1 Å². The number of benzene rings is 2. The van der Waals surface area contributed by atoms with Crippen molar-refractivity contribution in [1.29, 1.82) is 0 Å². The predicted molar refractivity (Wildman–Crippen MR) is 91.9 cm³/mol. The van der Waals surface area contributed by atoms with Gasteiger partial charge in [0, 0.05) is 25.2 Å². The first kappa shape index (κ1) is 16.2. The molecule has 0 aliphatic carbocycles. The molecule has 0 aromatic heterocycles. The summed E-state index contributed by atoms with van der Waals surface area (Å²) in [6.07, 6.45) is 2.21. The largest absolute Gasteiger partial charge is 0.344 e. The predicted octanol–water partition coefficient (Wildman–Crippen LogP) is 3.66. The average molecular weight is 342 g/mol. The number of hydrogen-bond donors (Lipinski definition) is 1. The Kier molecular flexibility index (Phi) is 3.84. The first-order chi connectivity index (χ1) is 12.0. The molecule has 130 valence electrons. The lowest BCUT2D eigenvalue weighted by molar-refractivity contribution is -0.131. The molecule has 4 rings (SSSR count). The summed E-state index contributed by atoms with van der Waals surface area (Å²) in [5.74, 6) is -0.473. The molecule has 1 N–H and O–H groups in total. The molecule has 0 unspecified atom stereocenters. The van der Waals surface area contributed by atoms with Crippen LogP contribution in [0.25, 0.3) is 11.1 Å². The van der Waals surface area contributed by atoms with Gasteiger partial charge in [0.25, 0.3) is 0 Å². The normalized spacial score (nSPS) is 26.0. The fourth-order valence-electron chi connectivity index (χ4n) is 4.03. The fraction of sp³-hybridized carbons (Fsp3) is 0.350. The third kappa shape index (κ3) is 2.72. The van der Waals surface area contributed by atoms with Crippen LogP contribution in [0.1, 0.15) is 30.9 Å². The molecule has 0 saturated carbocycles. The Morgan fingerprint density at radius 3 is 2.48 bits per heavy atom. The van der Waals surface area contributed by atoms with Crippen LogP contribution in [0, 0.1) is 11.6 Å². The van der Waals surface area contributed by atoms with E-state index in [1.165, 1.54) is 18.2 Å². The molecule has 2 heterocycles. The Morgan fingerprint density at radius 2 is 1.80 bits per heavy atom. The van der Waals surface area contributed by atoms with Gasteiger partial charge in [-0.15, -0.1) is 0 Å². The molecular formula is C20H20F2N2O. The van der Waals surface area contributed by atoms with E-state index < -0.39 is 5.54 Å². The van der Waals surface area contributed by atoms with Gasteiger partial charge in [-0.25, -0.2) is 8.78 Å². The first-order valence-electron chi connectivity index (χ1n) is 8.57. The topological polar surface area (TPSA) is 32.3 Å². The van der Waals surface area contributed by atoms with Gasteiger partial charge < -0.3 is 4.90 Å². The van der Waals surface area contributed by atoms with E-state index in [4.69, 9.17) is 0 Å². The fourth-order valence-corrected chi connectivity index (χ4v) is 4.03. The van der Waals surface area contributed by atoms with Gasteiger partial charge in [0.15, 0.2) is 0 Å². The minimum Gasteiger partial charge on any atom is -0.344 e. The standard InChI is InChI=1S/C20H20F2N2O/c1-24-11-10-20(19(24)25)9-8-18(23-20)16-12-14(4-7-17(16)22)13-2-5-15(21)6-3-13/h2-7,12,18,23H,8-11H2,1H3/t18-,20+/m0/s1. The summed E-state index contributed by atoms with van der Waals surface area (Å²) in [5.41, 5.74) is 1.71. The molecule has 1 spiro atoms. The van der Waals surface area contributed by atoms with Crippen LogP contribution in [0.3, 0.4) is 0 Å². The highest BCUT2D eigenvalue weighted by atomic mass is 19.1. The molecule has 2 saturated heterocycles. The van der Waals surface area contributed by atoms with Gasteiger partial charge in [-0.3, -0.25) is 10.1 Å². The summed E-state index contributed by atoms with van der Waals surface area (Å²) < 4.78 is 27.6. The molecule has 1 amide bonds. The molecule has 2 aliphatic heterocycles. The van der Waals surface area contributed by atoms with Crippen LogP contribution < -0.4 is 5.32 Å². The van der Waals surface area contributed by atoms with Crippen molar-refractivity contribution >= 4 is 5.91 Å². The lowest BCUT2D eigenvalue weighted by atomic mass is 9.95. The zero-order valence-corrected chi connectivity index (χ0v) is 14.1. The minimum absolute atomic E-state index is 0.102. The van der Waals surface area contributed by atoms with Gasteiger partial charge in [0.2, 0.25) is 5.91 Å². The maximum atomic E-state index is 14.5. The Bertz CT molecular complexity index is 821. The Balaban J connectivity index is 1.64. The highest BCUT2D eigenvalue weighted by Gasteiger charge is 2.50. The Hall–Kier alpha value is -2.27. The van der Waals surface area contributed by atoms with E-state index in [2.05, 4.69) is 5.32 Å². The van der Waals surface area contributed by atoms with Crippen LogP contribution in [0.2, 0.25) is 0 Å². The van der Waals surface area contributed by atoms with Crippen molar-refractivity contribution in [3.8, 4) is 11.1 Å². The van der Waals surface area contributed by atoms with E-state index in [0.717, 1.165) is 36.9 Å². The van der Waals surface area contributed by atoms with Crippen molar-refractivity contribution in [2.45, 2.75) is 30.8 Å². The number of rotatable bonds is 2. The van der Waals surface area contributed by atoms with Crippen molar-refractivity contribution < 1.29 is 13.6 Å². The number of amides is 1. The molecule has 2 aromatic carbocycles. The zero-order valence-electron chi connectivity index (χ0n) is 14.1. The number of hydrogen-bond acceptors (Lipinski definition) is 2.